The van der Waals surface area contributed by atoms with Crippen LogP contribution < -0.4 is 10.6 Å². The molecule has 1 atom stereocenters. The van der Waals surface area contributed by atoms with E-state index in [1.165, 1.54) is 6.07 Å². The second-order valence-corrected chi connectivity index (χ2v) is 6.48. The molecule has 140 valence electrons. The summed E-state index contributed by atoms with van der Waals surface area (Å²) in [4.78, 5) is 13.0. The van der Waals surface area contributed by atoms with Crippen LogP contribution in [0.2, 0.25) is 0 Å². The number of aliphatic hydroxyl groups excluding tert-OH is 1. The molecule has 3 aromatic rings. The van der Waals surface area contributed by atoms with Crippen LogP contribution in [0.3, 0.4) is 0 Å². The third kappa shape index (κ3) is 4.77. The lowest BCUT2D eigenvalue weighted by Crippen LogP contribution is -2.30. The number of nitrogens with zero attached hydrogens (tertiary/aromatic N) is 3. The van der Waals surface area contributed by atoms with Gasteiger partial charge in [0.25, 0.3) is 0 Å². The fourth-order valence-corrected chi connectivity index (χ4v) is 2.54. The number of nitrogens with one attached hydrogen (secondary N) is 2. The van der Waals surface area contributed by atoms with Crippen molar-refractivity contribution in [2.45, 2.75) is 19.9 Å². The summed E-state index contributed by atoms with van der Waals surface area (Å²) in [5.41, 5.74) is 1.84. The average molecular weight is 367 g/mol. The van der Waals surface area contributed by atoms with Crippen molar-refractivity contribution in [2.75, 3.05) is 17.2 Å². The molecule has 0 saturated carbocycles. The summed E-state index contributed by atoms with van der Waals surface area (Å²) < 4.78 is 14.0. The first-order valence-electron chi connectivity index (χ1n) is 8.75. The maximum Gasteiger partial charge on any atom is 0.225 e. The molecule has 0 aliphatic rings. The van der Waals surface area contributed by atoms with E-state index >= 15 is 0 Å². The highest BCUT2D eigenvalue weighted by atomic mass is 19.1. The van der Waals surface area contributed by atoms with E-state index in [4.69, 9.17) is 0 Å². The summed E-state index contributed by atoms with van der Waals surface area (Å²) in [6.45, 7) is 3.95. The van der Waals surface area contributed by atoms with E-state index in [9.17, 15) is 9.50 Å². The van der Waals surface area contributed by atoms with Crippen LogP contribution in [0, 0.1) is 11.7 Å². The van der Waals surface area contributed by atoms with E-state index in [0.29, 0.717) is 23.1 Å². The van der Waals surface area contributed by atoms with Gasteiger partial charge in [0.2, 0.25) is 5.95 Å². The largest absolute Gasteiger partial charge is 0.394 e. The maximum absolute atomic E-state index is 14.0. The van der Waals surface area contributed by atoms with Crippen molar-refractivity contribution in [2.24, 2.45) is 5.92 Å². The molecular weight excluding hydrogens is 345 g/mol. The average Bonchev–Trinajstić information content (AvgIpc) is 2.68. The Labute approximate surface area is 157 Å². The summed E-state index contributed by atoms with van der Waals surface area (Å²) >= 11 is 0. The Hall–Kier alpha value is -3.06. The fraction of sp³-hybridized carbons (Fsp3) is 0.250. The zero-order valence-electron chi connectivity index (χ0n) is 15.2. The van der Waals surface area contributed by atoms with Gasteiger partial charge in [-0.15, -0.1) is 0 Å². The Balaban J connectivity index is 1.99. The van der Waals surface area contributed by atoms with Crippen LogP contribution in [0.25, 0.3) is 11.3 Å². The van der Waals surface area contributed by atoms with Gasteiger partial charge in [-0.05, 0) is 30.2 Å². The predicted octanol–water partition coefficient (Wildman–Crippen LogP) is 3.85. The van der Waals surface area contributed by atoms with Crippen LogP contribution in [0.1, 0.15) is 13.8 Å². The number of halogens is 1. The molecule has 0 aliphatic carbocycles. The molecule has 6 nitrogen and oxygen atoms in total. The van der Waals surface area contributed by atoms with Crippen molar-refractivity contribution < 1.29 is 9.50 Å². The quantitative estimate of drug-likeness (QED) is 0.588. The van der Waals surface area contributed by atoms with Gasteiger partial charge >= 0.3 is 0 Å². The highest BCUT2D eigenvalue weighted by Crippen LogP contribution is 2.25. The Morgan fingerprint density at radius 1 is 1.07 bits per heavy atom. The Kier molecular flexibility index (Phi) is 5.93. The van der Waals surface area contributed by atoms with Crippen molar-refractivity contribution in [3.05, 3.63) is 60.7 Å². The first-order valence-corrected chi connectivity index (χ1v) is 8.75. The minimum absolute atomic E-state index is 0.0451. The van der Waals surface area contributed by atoms with Crippen LogP contribution in [-0.2, 0) is 0 Å². The molecule has 7 heteroatoms. The van der Waals surface area contributed by atoms with Crippen molar-refractivity contribution >= 4 is 17.5 Å². The molecule has 2 heterocycles. The molecule has 0 saturated heterocycles. The standard InChI is InChI=1S/C20H22FN5O/c1-13(2)18(12-27)25-20-24-17(14-7-9-22-10-8-14)11-19(26-20)23-16-6-4-3-5-15(16)21/h3-11,13,18,27H,12H2,1-2H3,(H2,23,24,25,26)/t18-/m0/s1. The van der Waals surface area contributed by atoms with E-state index in [1.807, 2.05) is 26.0 Å². The second kappa shape index (κ2) is 8.55. The van der Waals surface area contributed by atoms with Crippen molar-refractivity contribution in [3.63, 3.8) is 0 Å². The van der Waals surface area contributed by atoms with E-state index in [0.717, 1.165) is 5.56 Å². The Morgan fingerprint density at radius 2 is 1.81 bits per heavy atom. The lowest BCUT2D eigenvalue weighted by molar-refractivity contribution is 0.248. The first kappa shape index (κ1) is 18.7. The molecule has 1 aromatic carbocycles. The summed E-state index contributed by atoms with van der Waals surface area (Å²) in [5.74, 6) is 0.624. The van der Waals surface area contributed by atoms with Crippen LogP contribution in [0.5, 0.6) is 0 Å². The number of benzene rings is 1. The van der Waals surface area contributed by atoms with Gasteiger partial charge in [-0.3, -0.25) is 4.98 Å². The number of aliphatic hydroxyl groups is 1. The summed E-state index contributed by atoms with van der Waals surface area (Å²) in [5, 5.41) is 15.7. The minimum Gasteiger partial charge on any atom is -0.394 e. The van der Waals surface area contributed by atoms with Crippen LogP contribution in [0.4, 0.5) is 21.8 Å². The molecule has 0 amide bonds. The monoisotopic (exact) mass is 367 g/mol. The minimum atomic E-state index is -0.369. The number of rotatable bonds is 7. The first-order chi connectivity index (χ1) is 13.1. The molecule has 27 heavy (non-hydrogen) atoms. The highest BCUT2D eigenvalue weighted by Gasteiger charge is 2.15. The van der Waals surface area contributed by atoms with Gasteiger partial charge in [-0.1, -0.05) is 26.0 Å². The lowest BCUT2D eigenvalue weighted by Gasteiger charge is -2.20. The van der Waals surface area contributed by atoms with Gasteiger partial charge in [0, 0.05) is 24.0 Å². The SMILES string of the molecule is CC(C)[C@H](CO)Nc1nc(Nc2ccccc2F)cc(-c2ccncc2)n1. The number of pyridine rings is 1. The van der Waals surface area contributed by atoms with Gasteiger partial charge < -0.3 is 15.7 Å². The molecule has 0 fully saturated rings. The highest BCUT2D eigenvalue weighted by molar-refractivity contribution is 5.67. The molecular formula is C20H22FN5O. The van der Waals surface area contributed by atoms with Crippen LogP contribution in [0.15, 0.2) is 54.9 Å². The Bertz CT molecular complexity index is 889. The third-order valence-electron chi connectivity index (χ3n) is 4.15. The lowest BCUT2D eigenvalue weighted by atomic mass is 10.1. The maximum atomic E-state index is 14.0. The van der Waals surface area contributed by atoms with E-state index < -0.39 is 0 Å². The second-order valence-electron chi connectivity index (χ2n) is 6.48. The van der Waals surface area contributed by atoms with Crippen molar-refractivity contribution in [1.29, 1.82) is 0 Å². The van der Waals surface area contributed by atoms with Gasteiger partial charge in [0.05, 0.1) is 24.0 Å². The Morgan fingerprint density at radius 3 is 2.48 bits per heavy atom. The van der Waals surface area contributed by atoms with Crippen LogP contribution in [-0.4, -0.2) is 32.7 Å². The zero-order chi connectivity index (χ0) is 19.2. The molecule has 3 N–H and O–H groups in total. The molecule has 0 unspecified atom stereocenters. The molecule has 0 spiro atoms. The third-order valence-corrected chi connectivity index (χ3v) is 4.15. The normalized spacial score (nSPS) is 12.0. The van der Waals surface area contributed by atoms with Crippen molar-refractivity contribution in [3.8, 4) is 11.3 Å². The molecule has 0 radical (unpaired) electrons. The molecule has 0 bridgehead atoms. The van der Waals surface area contributed by atoms with E-state index in [2.05, 4.69) is 25.6 Å². The van der Waals surface area contributed by atoms with Gasteiger partial charge in [0.15, 0.2) is 0 Å². The topological polar surface area (TPSA) is 83.0 Å². The van der Waals surface area contributed by atoms with Gasteiger partial charge in [-0.25, -0.2) is 9.37 Å². The molecule has 3 rings (SSSR count). The number of para-hydroxylation sites is 1. The van der Waals surface area contributed by atoms with Gasteiger partial charge in [-0.2, -0.15) is 4.98 Å². The number of anilines is 3. The molecule has 0 aliphatic heterocycles. The smallest absolute Gasteiger partial charge is 0.225 e. The van der Waals surface area contributed by atoms with Crippen LogP contribution >= 0.6 is 0 Å². The van der Waals surface area contributed by atoms with Crippen molar-refractivity contribution in [1.82, 2.24) is 15.0 Å². The van der Waals surface area contributed by atoms with E-state index in [1.54, 1.807) is 36.7 Å². The summed E-state index contributed by atoms with van der Waals surface area (Å²) in [6.07, 6.45) is 3.36. The molecule has 2 aromatic heterocycles. The number of hydrogen-bond acceptors (Lipinski definition) is 6. The van der Waals surface area contributed by atoms with E-state index in [-0.39, 0.29) is 24.4 Å². The predicted molar refractivity (Wildman–Crippen MR) is 104 cm³/mol. The van der Waals surface area contributed by atoms with Gasteiger partial charge in [0.1, 0.15) is 11.6 Å². The summed E-state index contributed by atoms with van der Waals surface area (Å²) in [7, 11) is 0. The number of hydrogen-bond donors (Lipinski definition) is 3. The summed E-state index contributed by atoms with van der Waals surface area (Å²) in [6, 6.07) is 11.6. The number of aromatic nitrogens is 3. The zero-order valence-corrected chi connectivity index (χ0v) is 15.2. The fourth-order valence-electron chi connectivity index (χ4n) is 2.54.